The van der Waals surface area contributed by atoms with Crippen LogP contribution in [0.25, 0.3) is 0 Å². The first-order valence-corrected chi connectivity index (χ1v) is 11.0. The number of hydrogen-bond acceptors (Lipinski definition) is 4. The van der Waals surface area contributed by atoms with Crippen molar-refractivity contribution < 1.29 is 13.4 Å². The number of carbonyl (C=O) groups excluding carboxylic acids is 1. The van der Waals surface area contributed by atoms with Crippen molar-refractivity contribution in [2.45, 2.75) is 36.3 Å². The molecule has 0 aliphatic carbocycles. The monoisotopic (exact) mass is 408 g/mol. The van der Waals surface area contributed by atoms with E-state index in [9.17, 15) is 9.00 Å². The van der Waals surface area contributed by atoms with Crippen molar-refractivity contribution in [1.29, 1.82) is 0 Å². The van der Waals surface area contributed by atoms with E-state index in [4.69, 9.17) is 16.0 Å². The lowest BCUT2D eigenvalue weighted by Gasteiger charge is -2.26. The second-order valence-electron chi connectivity index (χ2n) is 6.72. The van der Waals surface area contributed by atoms with Gasteiger partial charge >= 0.3 is 0 Å². The SMILES string of the molecule is O=C(NCCCN1CCCCC1)c1ccc(C[S@](=O)c2ccc(Cl)cc2)o1. The van der Waals surface area contributed by atoms with Crippen LogP contribution in [-0.4, -0.2) is 41.2 Å². The smallest absolute Gasteiger partial charge is 0.286 e. The second kappa shape index (κ2) is 10.1. The van der Waals surface area contributed by atoms with E-state index in [1.165, 1.54) is 32.4 Å². The molecule has 1 saturated heterocycles. The Kier molecular flexibility index (Phi) is 7.50. The molecule has 1 N–H and O–H groups in total. The average Bonchev–Trinajstić information content (AvgIpc) is 3.15. The molecule has 7 heteroatoms. The fraction of sp³-hybridized carbons (Fsp3) is 0.450. The van der Waals surface area contributed by atoms with Crippen LogP contribution in [0.3, 0.4) is 0 Å². The Bertz CT molecular complexity index is 770. The van der Waals surface area contributed by atoms with Gasteiger partial charge in [0.2, 0.25) is 0 Å². The van der Waals surface area contributed by atoms with Crippen LogP contribution in [0, 0.1) is 0 Å². The predicted molar refractivity (Wildman–Crippen MR) is 108 cm³/mol. The normalized spacial score (nSPS) is 16.2. The Morgan fingerprint density at radius 2 is 1.85 bits per heavy atom. The van der Waals surface area contributed by atoms with Crippen LogP contribution in [0.5, 0.6) is 0 Å². The number of nitrogens with one attached hydrogen (secondary N) is 1. The molecule has 0 saturated carbocycles. The summed E-state index contributed by atoms with van der Waals surface area (Å²) in [4.78, 5) is 15.3. The minimum Gasteiger partial charge on any atom is -0.455 e. The highest BCUT2D eigenvalue weighted by Gasteiger charge is 2.14. The third-order valence-electron chi connectivity index (χ3n) is 4.62. The van der Waals surface area contributed by atoms with Gasteiger partial charge in [-0.25, -0.2) is 0 Å². The first-order chi connectivity index (χ1) is 13.1. The fourth-order valence-electron chi connectivity index (χ4n) is 3.15. The standard InChI is InChI=1S/C20H25ClN2O3S/c21-16-5-8-18(9-6-16)27(25)15-17-7-10-19(26-17)20(24)22-11-4-14-23-12-2-1-3-13-23/h5-10H,1-4,11-15H2,(H,22,24)/t27-/m0/s1. The van der Waals surface area contributed by atoms with Gasteiger partial charge in [0.05, 0.1) is 16.6 Å². The van der Waals surface area contributed by atoms with Crippen molar-refractivity contribution in [3.8, 4) is 0 Å². The summed E-state index contributed by atoms with van der Waals surface area (Å²) in [5.41, 5.74) is 0. The lowest BCUT2D eigenvalue weighted by molar-refractivity contribution is 0.0922. The van der Waals surface area contributed by atoms with E-state index in [1.807, 2.05) is 0 Å². The van der Waals surface area contributed by atoms with Crippen LogP contribution in [-0.2, 0) is 16.6 Å². The van der Waals surface area contributed by atoms with Crippen LogP contribution < -0.4 is 5.32 Å². The number of amides is 1. The summed E-state index contributed by atoms with van der Waals surface area (Å²) in [5, 5.41) is 3.50. The molecule has 0 unspecified atom stereocenters. The molecule has 1 amide bonds. The molecular weight excluding hydrogens is 384 g/mol. The summed E-state index contributed by atoms with van der Waals surface area (Å²) >= 11 is 5.85. The maximum Gasteiger partial charge on any atom is 0.286 e. The van der Waals surface area contributed by atoms with E-state index >= 15 is 0 Å². The molecule has 3 rings (SSSR count). The van der Waals surface area contributed by atoms with Gasteiger partial charge in [0.1, 0.15) is 5.76 Å². The molecule has 1 aliphatic heterocycles. The maximum atomic E-state index is 12.4. The molecule has 0 bridgehead atoms. The van der Waals surface area contributed by atoms with E-state index in [1.54, 1.807) is 36.4 Å². The number of carbonyl (C=O) groups is 1. The molecule has 1 aromatic carbocycles. The summed E-state index contributed by atoms with van der Waals surface area (Å²) in [6, 6.07) is 10.2. The second-order valence-corrected chi connectivity index (χ2v) is 8.61. The molecule has 2 heterocycles. The van der Waals surface area contributed by atoms with Gasteiger partial charge in [-0.3, -0.25) is 9.00 Å². The van der Waals surface area contributed by atoms with Gasteiger partial charge in [-0.2, -0.15) is 0 Å². The lowest BCUT2D eigenvalue weighted by atomic mass is 10.1. The van der Waals surface area contributed by atoms with Crippen LogP contribution >= 0.6 is 11.6 Å². The molecule has 5 nitrogen and oxygen atoms in total. The van der Waals surface area contributed by atoms with Gasteiger partial charge in [-0.1, -0.05) is 18.0 Å². The lowest BCUT2D eigenvalue weighted by Crippen LogP contribution is -2.33. The Morgan fingerprint density at radius 3 is 2.59 bits per heavy atom. The first kappa shape index (κ1) is 20.1. The van der Waals surface area contributed by atoms with Crippen molar-refractivity contribution in [2.24, 2.45) is 0 Å². The molecule has 2 aromatic rings. The summed E-state index contributed by atoms with van der Waals surface area (Å²) < 4.78 is 17.9. The molecule has 1 atom stereocenters. The Morgan fingerprint density at radius 1 is 1.11 bits per heavy atom. The predicted octanol–water partition coefficient (Wildman–Crippen LogP) is 3.85. The van der Waals surface area contributed by atoms with Gasteiger partial charge in [0, 0.05) is 16.5 Å². The number of piperidine rings is 1. The number of furan rings is 1. The fourth-order valence-corrected chi connectivity index (χ4v) is 4.30. The van der Waals surface area contributed by atoms with E-state index in [0.717, 1.165) is 13.0 Å². The van der Waals surface area contributed by atoms with Gasteiger partial charge < -0.3 is 14.6 Å². The van der Waals surface area contributed by atoms with E-state index in [2.05, 4.69) is 10.2 Å². The zero-order valence-electron chi connectivity index (χ0n) is 15.3. The van der Waals surface area contributed by atoms with Crippen molar-refractivity contribution >= 4 is 28.3 Å². The van der Waals surface area contributed by atoms with Gasteiger partial charge in [0.15, 0.2) is 5.76 Å². The van der Waals surface area contributed by atoms with Gasteiger partial charge in [-0.15, -0.1) is 0 Å². The molecule has 1 fully saturated rings. The minimum absolute atomic E-state index is 0.225. The highest BCUT2D eigenvalue weighted by Crippen LogP contribution is 2.17. The van der Waals surface area contributed by atoms with E-state index < -0.39 is 10.8 Å². The number of halogens is 1. The number of likely N-dealkylation sites (tertiary alicyclic amines) is 1. The van der Waals surface area contributed by atoms with Gasteiger partial charge in [0.25, 0.3) is 5.91 Å². The summed E-state index contributed by atoms with van der Waals surface area (Å²) in [7, 11) is -1.24. The molecule has 1 aliphatic rings. The molecule has 146 valence electrons. The zero-order chi connectivity index (χ0) is 19.1. The number of benzene rings is 1. The third kappa shape index (κ3) is 6.19. The Labute approximate surface area is 167 Å². The van der Waals surface area contributed by atoms with E-state index in [-0.39, 0.29) is 17.4 Å². The number of nitrogens with zero attached hydrogens (tertiary/aromatic N) is 1. The summed E-state index contributed by atoms with van der Waals surface area (Å²) in [5.74, 6) is 0.791. The first-order valence-electron chi connectivity index (χ1n) is 9.35. The van der Waals surface area contributed by atoms with Crippen molar-refractivity contribution in [2.75, 3.05) is 26.2 Å². The van der Waals surface area contributed by atoms with Crippen molar-refractivity contribution in [3.05, 3.63) is 52.9 Å². The van der Waals surface area contributed by atoms with E-state index in [0.29, 0.717) is 22.2 Å². The Balaban J connectivity index is 1.43. The topological polar surface area (TPSA) is 62.6 Å². The molecule has 0 spiro atoms. The van der Waals surface area contributed by atoms with Gasteiger partial charge in [-0.05, 0) is 75.3 Å². The Hall–Kier alpha value is -1.63. The molecule has 1 aromatic heterocycles. The van der Waals surface area contributed by atoms with Crippen LogP contribution in [0.15, 0.2) is 45.7 Å². The third-order valence-corrected chi connectivity index (χ3v) is 6.22. The highest BCUT2D eigenvalue weighted by atomic mass is 35.5. The summed E-state index contributed by atoms with van der Waals surface area (Å²) in [6.07, 6.45) is 4.81. The average molecular weight is 409 g/mol. The maximum absolute atomic E-state index is 12.4. The van der Waals surface area contributed by atoms with Crippen molar-refractivity contribution in [3.63, 3.8) is 0 Å². The highest BCUT2D eigenvalue weighted by molar-refractivity contribution is 7.84. The number of hydrogen-bond donors (Lipinski definition) is 1. The summed E-state index contributed by atoms with van der Waals surface area (Å²) in [6.45, 7) is 3.98. The number of rotatable bonds is 8. The largest absolute Gasteiger partial charge is 0.455 e. The molecular formula is C20H25ClN2O3S. The molecule has 0 radical (unpaired) electrons. The van der Waals surface area contributed by atoms with Crippen molar-refractivity contribution in [1.82, 2.24) is 10.2 Å². The molecule has 27 heavy (non-hydrogen) atoms. The van der Waals surface area contributed by atoms with Crippen LogP contribution in [0.1, 0.15) is 42.0 Å². The van der Waals surface area contributed by atoms with Crippen LogP contribution in [0.2, 0.25) is 5.02 Å². The minimum atomic E-state index is -1.24. The van der Waals surface area contributed by atoms with Crippen LogP contribution in [0.4, 0.5) is 0 Å². The quantitative estimate of drug-likeness (QED) is 0.674. The zero-order valence-corrected chi connectivity index (χ0v) is 16.9.